The second-order valence-electron chi connectivity index (χ2n) is 5.75. The molecule has 20 heavy (non-hydrogen) atoms. The monoisotopic (exact) mass is 288 g/mol. The zero-order chi connectivity index (χ0) is 15.3. The van der Waals surface area contributed by atoms with Crippen molar-refractivity contribution >= 4 is 18.4 Å². The number of alkyl halides is 3. The molecule has 2 rings (SSSR count). The molecule has 0 aromatic carbocycles. The first-order valence-corrected chi connectivity index (χ1v) is 6.13. The summed E-state index contributed by atoms with van der Waals surface area (Å²) in [6.45, 7) is 7.07. The Balaban J connectivity index is 2.49. The van der Waals surface area contributed by atoms with Crippen LogP contribution in [0, 0.1) is 0 Å². The molecule has 0 atom stereocenters. The minimum Gasteiger partial charge on any atom is -0.399 e. The van der Waals surface area contributed by atoms with Gasteiger partial charge < -0.3 is 15.0 Å². The molecule has 1 aromatic rings. The van der Waals surface area contributed by atoms with Crippen LogP contribution in [0.4, 0.5) is 19.0 Å². The van der Waals surface area contributed by atoms with Gasteiger partial charge in [-0.2, -0.15) is 13.2 Å². The van der Waals surface area contributed by atoms with Crippen LogP contribution in [-0.4, -0.2) is 23.3 Å². The SMILES string of the molecule is CC1(C)OB(c2ccnc(N)c2C(F)(F)F)OC1(C)C. The first-order chi connectivity index (χ1) is 8.96. The van der Waals surface area contributed by atoms with E-state index in [9.17, 15) is 13.2 Å². The third kappa shape index (κ3) is 2.38. The van der Waals surface area contributed by atoms with Crippen molar-refractivity contribution in [1.29, 1.82) is 0 Å². The van der Waals surface area contributed by atoms with Gasteiger partial charge in [0.25, 0.3) is 0 Å². The molecule has 4 nitrogen and oxygen atoms in total. The summed E-state index contributed by atoms with van der Waals surface area (Å²) >= 11 is 0. The Morgan fingerprint density at radius 2 is 1.65 bits per heavy atom. The van der Waals surface area contributed by atoms with Gasteiger partial charge in [-0.25, -0.2) is 4.98 Å². The molecule has 0 spiro atoms. The van der Waals surface area contributed by atoms with Gasteiger partial charge in [0.05, 0.1) is 16.8 Å². The van der Waals surface area contributed by atoms with Crippen molar-refractivity contribution in [2.24, 2.45) is 0 Å². The first-order valence-electron chi connectivity index (χ1n) is 6.13. The van der Waals surface area contributed by atoms with E-state index < -0.39 is 35.9 Å². The van der Waals surface area contributed by atoms with Crippen molar-refractivity contribution in [2.75, 3.05) is 5.73 Å². The highest BCUT2D eigenvalue weighted by Gasteiger charge is 2.54. The zero-order valence-corrected chi connectivity index (χ0v) is 11.7. The van der Waals surface area contributed by atoms with Gasteiger partial charge in [-0.1, -0.05) is 0 Å². The molecule has 2 heterocycles. The molecule has 1 aliphatic heterocycles. The van der Waals surface area contributed by atoms with E-state index in [1.54, 1.807) is 27.7 Å². The number of rotatable bonds is 1. The standard InChI is InChI=1S/C12H16BF3N2O2/c1-10(2)11(3,4)20-13(19-10)7-5-6-18-9(17)8(7)12(14,15)16/h5-6H,1-4H3,(H2,17,18). The van der Waals surface area contributed by atoms with Gasteiger partial charge in [-0.05, 0) is 39.2 Å². The lowest BCUT2D eigenvalue weighted by atomic mass is 9.76. The summed E-state index contributed by atoms with van der Waals surface area (Å²) in [6.07, 6.45) is -3.40. The van der Waals surface area contributed by atoms with E-state index >= 15 is 0 Å². The van der Waals surface area contributed by atoms with Crippen LogP contribution in [0.5, 0.6) is 0 Å². The molecule has 1 fully saturated rings. The Labute approximate surface area is 115 Å². The molecule has 2 N–H and O–H groups in total. The normalized spacial score (nSPS) is 21.2. The third-order valence-corrected chi connectivity index (χ3v) is 3.80. The Kier molecular flexibility index (Phi) is 3.30. The zero-order valence-electron chi connectivity index (χ0n) is 11.7. The number of pyridine rings is 1. The number of nitrogens with zero attached hydrogens (tertiary/aromatic N) is 1. The molecule has 1 aliphatic rings. The van der Waals surface area contributed by atoms with Gasteiger partial charge in [-0.15, -0.1) is 0 Å². The van der Waals surface area contributed by atoms with E-state index in [0.29, 0.717) is 0 Å². The lowest BCUT2D eigenvalue weighted by molar-refractivity contribution is -0.136. The Morgan fingerprint density at radius 3 is 2.10 bits per heavy atom. The van der Waals surface area contributed by atoms with Crippen molar-refractivity contribution < 1.29 is 22.5 Å². The van der Waals surface area contributed by atoms with Gasteiger partial charge in [-0.3, -0.25) is 0 Å². The minimum atomic E-state index is -4.61. The second-order valence-corrected chi connectivity index (χ2v) is 5.75. The third-order valence-electron chi connectivity index (χ3n) is 3.80. The van der Waals surface area contributed by atoms with E-state index in [0.717, 1.165) is 0 Å². The van der Waals surface area contributed by atoms with Crippen LogP contribution in [0.2, 0.25) is 0 Å². The molecular formula is C12H16BF3N2O2. The summed E-state index contributed by atoms with van der Waals surface area (Å²) < 4.78 is 50.6. The molecule has 8 heteroatoms. The molecule has 1 aromatic heterocycles. The number of nitrogen functional groups attached to an aromatic ring is 1. The van der Waals surface area contributed by atoms with E-state index in [2.05, 4.69) is 4.98 Å². The van der Waals surface area contributed by atoms with Gasteiger partial charge in [0, 0.05) is 6.20 Å². The summed E-state index contributed by atoms with van der Waals surface area (Å²) in [5, 5.41) is 0. The molecule has 0 saturated carbocycles. The summed E-state index contributed by atoms with van der Waals surface area (Å²) in [4.78, 5) is 3.50. The molecule has 0 radical (unpaired) electrons. The van der Waals surface area contributed by atoms with Crippen molar-refractivity contribution in [3.05, 3.63) is 17.8 Å². The maximum absolute atomic E-state index is 13.1. The molecule has 110 valence electrons. The van der Waals surface area contributed by atoms with Crippen LogP contribution in [0.1, 0.15) is 33.3 Å². The van der Waals surface area contributed by atoms with Crippen molar-refractivity contribution in [3.63, 3.8) is 0 Å². The lowest BCUT2D eigenvalue weighted by Crippen LogP contribution is -2.41. The van der Waals surface area contributed by atoms with E-state index in [1.807, 2.05) is 0 Å². The summed E-state index contributed by atoms with van der Waals surface area (Å²) in [6, 6.07) is 1.22. The lowest BCUT2D eigenvalue weighted by Gasteiger charge is -2.32. The smallest absolute Gasteiger partial charge is 0.399 e. The predicted octanol–water partition coefficient (Wildman–Crippen LogP) is 1.98. The van der Waals surface area contributed by atoms with E-state index in [-0.39, 0.29) is 5.46 Å². The van der Waals surface area contributed by atoms with Crippen molar-refractivity contribution in [1.82, 2.24) is 4.98 Å². The molecule has 0 unspecified atom stereocenters. The van der Waals surface area contributed by atoms with Crippen LogP contribution in [0.25, 0.3) is 0 Å². The number of aromatic nitrogens is 1. The van der Waals surface area contributed by atoms with Crippen LogP contribution >= 0.6 is 0 Å². The van der Waals surface area contributed by atoms with Gasteiger partial charge in [0.15, 0.2) is 0 Å². The molecule has 0 aliphatic carbocycles. The summed E-state index contributed by atoms with van der Waals surface area (Å²) in [7, 11) is -1.12. The Bertz CT molecular complexity index is 516. The molecular weight excluding hydrogens is 272 g/mol. The number of halogens is 3. The molecule has 0 bridgehead atoms. The first kappa shape index (κ1) is 15.1. The number of hydrogen-bond acceptors (Lipinski definition) is 4. The average Bonchev–Trinajstić information content (AvgIpc) is 2.46. The molecule has 1 saturated heterocycles. The van der Waals surface area contributed by atoms with Crippen molar-refractivity contribution in [3.8, 4) is 0 Å². The topological polar surface area (TPSA) is 57.4 Å². The predicted molar refractivity (Wildman–Crippen MR) is 69.4 cm³/mol. The Hall–Kier alpha value is -1.28. The van der Waals surface area contributed by atoms with Crippen LogP contribution in [0.3, 0.4) is 0 Å². The quantitative estimate of drug-likeness (QED) is 0.803. The number of nitrogens with two attached hydrogens (primary N) is 1. The fourth-order valence-corrected chi connectivity index (χ4v) is 1.97. The Morgan fingerprint density at radius 1 is 1.15 bits per heavy atom. The van der Waals surface area contributed by atoms with Gasteiger partial charge in [0.1, 0.15) is 5.82 Å². The number of anilines is 1. The minimum absolute atomic E-state index is 0.149. The van der Waals surface area contributed by atoms with E-state index in [1.165, 1.54) is 12.3 Å². The van der Waals surface area contributed by atoms with Gasteiger partial charge in [0.2, 0.25) is 0 Å². The van der Waals surface area contributed by atoms with Crippen LogP contribution in [0.15, 0.2) is 12.3 Å². The summed E-state index contributed by atoms with van der Waals surface area (Å²) in [5.41, 5.74) is 2.77. The second kappa shape index (κ2) is 4.36. The largest absolute Gasteiger partial charge is 0.495 e. The highest BCUT2D eigenvalue weighted by Crippen LogP contribution is 2.38. The highest BCUT2D eigenvalue weighted by molar-refractivity contribution is 6.62. The van der Waals surface area contributed by atoms with Crippen LogP contribution in [-0.2, 0) is 15.5 Å². The van der Waals surface area contributed by atoms with E-state index in [4.69, 9.17) is 15.0 Å². The summed E-state index contributed by atoms with van der Waals surface area (Å²) in [5.74, 6) is -0.579. The fraction of sp³-hybridized carbons (Fsp3) is 0.583. The van der Waals surface area contributed by atoms with Crippen molar-refractivity contribution in [2.45, 2.75) is 45.1 Å². The fourth-order valence-electron chi connectivity index (χ4n) is 1.97. The number of hydrogen-bond donors (Lipinski definition) is 1. The highest BCUT2D eigenvalue weighted by atomic mass is 19.4. The van der Waals surface area contributed by atoms with Gasteiger partial charge >= 0.3 is 13.3 Å². The molecule has 0 amide bonds. The maximum Gasteiger partial charge on any atom is 0.495 e. The maximum atomic E-state index is 13.1. The average molecular weight is 288 g/mol. The van der Waals surface area contributed by atoms with Crippen LogP contribution < -0.4 is 11.2 Å².